The molecule has 2 aromatic carbocycles. The fraction of sp³-hybridized carbons (Fsp3) is 0.364. The van der Waals surface area contributed by atoms with Gasteiger partial charge >= 0.3 is 0 Å². The molecular weight excluding hydrogens is 416 g/mol. The number of fused-ring (bicyclic) bond motifs is 1. The Morgan fingerprint density at radius 2 is 1.94 bits per heavy atom. The molecule has 0 saturated carbocycles. The number of nitrogens with two attached hydrogens (primary N) is 1. The third-order valence-corrected chi connectivity index (χ3v) is 5.96. The average Bonchev–Trinajstić information content (AvgIpc) is 3.08. The number of hydrogen-bond acceptors (Lipinski definition) is 5. The van der Waals surface area contributed by atoms with Crippen LogP contribution < -0.4 is 10.5 Å². The molecule has 9 heteroatoms. The Kier molecular flexibility index (Phi) is 7.42. The average molecular weight is 445 g/mol. The van der Waals surface area contributed by atoms with E-state index in [1.807, 2.05) is 28.8 Å². The fourth-order valence-electron chi connectivity index (χ4n) is 3.53. The van der Waals surface area contributed by atoms with Crippen LogP contribution in [0.4, 0.5) is 0 Å². The quantitative estimate of drug-likeness (QED) is 0.498. The van der Waals surface area contributed by atoms with Crippen LogP contribution in [0.5, 0.6) is 0 Å². The van der Waals surface area contributed by atoms with Crippen LogP contribution in [0.25, 0.3) is 11.0 Å². The summed E-state index contributed by atoms with van der Waals surface area (Å²) in [4.78, 5) is 17.1. The normalized spacial score (nSPS) is 11.7. The van der Waals surface area contributed by atoms with Gasteiger partial charge in [-0.05, 0) is 35.7 Å². The van der Waals surface area contributed by atoms with E-state index in [4.69, 9.17) is 9.88 Å². The summed E-state index contributed by atoms with van der Waals surface area (Å²) in [6.45, 7) is 3.71. The summed E-state index contributed by atoms with van der Waals surface area (Å²) < 4.78 is 30.5. The maximum atomic E-state index is 12.5. The molecule has 8 nitrogen and oxygen atoms in total. The van der Waals surface area contributed by atoms with Gasteiger partial charge in [0.05, 0.1) is 22.5 Å². The van der Waals surface area contributed by atoms with E-state index in [9.17, 15) is 13.2 Å². The molecule has 1 aromatic heterocycles. The van der Waals surface area contributed by atoms with E-state index in [1.165, 1.54) is 12.1 Å². The van der Waals surface area contributed by atoms with Crippen molar-refractivity contribution in [3.05, 3.63) is 59.4 Å². The predicted octanol–water partition coefficient (Wildman–Crippen LogP) is 2.49. The van der Waals surface area contributed by atoms with Crippen LogP contribution in [-0.2, 0) is 45.7 Å². The molecular formula is C22H28N4O4S. The van der Waals surface area contributed by atoms with Gasteiger partial charge in [-0.1, -0.05) is 31.2 Å². The minimum Gasteiger partial charge on any atom is -0.380 e. The van der Waals surface area contributed by atoms with Crippen molar-refractivity contribution in [1.29, 1.82) is 0 Å². The summed E-state index contributed by atoms with van der Waals surface area (Å²) in [6.07, 6.45) is 1.62. The van der Waals surface area contributed by atoms with Crippen molar-refractivity contribution in [2.45, 2.75) is 50.8 Å². The lowest BCUT2D eigenvalue weighted by Gasteiger charge is -2.11. The minimum atomic E-state index is -3.80. The number of imidazole rings is 1. The standard InChI is InChI=1S/C22H28N4O4S/c1-3-12-26-20-9-8-18(31(23,28)29)13-19(20)25-21(26)10-11-22(27)24-14-16-6-4-5-7-17(16)15-30-2/h4-9,13H,3,10-12,14-15H2,1-2H3,(H,24,27)(H2,23,28,29). The van der Waals surface area contributed by atoms with Gasteiger partial charge in [0.1, 0.15) is 5.82 Å². The smallest absolute Gasteiger partial charge is 0.238 e. The zero-order chi connectivity index (χ0) is 22.4. The largest absolute Gasteiger partial charge is 0.380 e. The highest BCUT2D eigenvalue weighted by Crippen LogP contribution is 2.21. The molecule has 166 valence electrons. The first kappa shape index (κ1) is 22.9. The zero-order valence-electron chi connectivity index (χ0n) is 17.8. The van der Waals surface area contributed by atoms with Crippen LogP contribution in [0.15, 0.2) is 47.4 Å². The third kappa shape index (κ3) is 5.69. The van der Waals surface area contributed by atoms with Gasteiger partial charge < -0.3 is 14.6 Å². The Bertz CT molecular complexity index is 1170. The van der Waals surface area contributed by atoms with Crippen LogP contribution in [0, 0.1) is 0 Å². The highest BCUT2D eigenvalue weighted by Gasteiger charge is 2.15. The van der Waals surface area contributed by atoms with Gasteiger partial charge in [0.2, 0.25) is 15.9 Å². The lowest BCUT2D eigenvalue weighted by atomic mass is 10.1. The number of carbonyl (C=O) groups excluding carboxylic acids is 1. The van der Waals surface area contributed by atoms with E-state index >= 15 is 0 Å². The Morgan fingerprint density at radius 3 is 2.61 bits per heavy atom. The molecule has 0 spiro atoms. The number of aromatic nitrogens is 2. The maximum Gasteiger partial charge on any atom is 0.238 e. The number of sulfonamides is 1. The van der Waals surface area contributed by atoms with E-state index in [0.717, 1.165) is 35.4 Å². The van der Waals surface area contributed by atoms with Crippen molar-refractivity contribution < 1.29 is 17.9 Å². The minimum absolute atomic E-state index is 0.0279. The van der Waals surface area contributed by atoms with Gasteiger partial charge in [0, 0.05) is 33.0 Å². The second kappa shape index (κ2) is 10.0. The molecule has 3 rings (SSSR count). The summed E-state index contributed by atoms with van der Waals surface area (Å²) in [5.74, 6) is 0.672. The highest BCUT2D eigenvalue weighted by molar-refractivity contribution is 7.89. The van der Waals surface area contributed by atoms with Crippen molar-refractivity contribution >= 4 is 27.0 Å². The highest BCUT2D eigenvalue weighted by atomic mass is 32.2. The van der Waals surface area contributed by atoms with Gasteiger partial charge in [-0.3, -0.25) is 4.79 Å². The van der Waals surface area contributed by atoms with Crippen molar-refractivity contribution in [3.8, 4) is 0 Å². The van der Waals surface area contributed by atoms with E-state index in [2.05, 4.69) is 17.2 Å². The number of rotatable bonds is 10. The first-order valence-electron chi connectivity index (χ1n) is 10.2. The van der Waals surface area contributed by atoms with Gasteiger partial charge in [0.15, 0.2) is 0 Å². The number of primary sulfonamides is 1. The van der Waals surface area contributed by atoms with Crippen molar-refractivity contribution in [3.63, 3.8) is 0 Å². The molecule has 3 N–H and O–H groups in total. The Morgan fingerprint density at radius 1 is 1.19 bits per heavy atom. The van der Waals surface area contributed by atoms with Crippen LogP contribution in [0.1, 0.15) is 36.7 Å². The molecule has 31 heavy (non-hydrogen) atoms. The molecule has 0 unspecified atom stereocenters. The zero-order valence-corrected chi connectivity index (χ0v) is 18.6. The molecule has 0 aliphatic carbocycles. The summed E-state index contributed by atoms with van der Waals surface area (Å²) in [5, 5.41) is 8.19. The molecule has 0 aliphatic rings. The molecule has 0 bridgehead atoms. The molecule has 1 heterocycles. The Labute approximate surface area is 182 Å². The van der Waals surface area contributed by atoms with E-state index in [1.54, 1.807) is 13.2 Å². The number of carbonyl (C=O) groups is 1. The molecule has 0 saturated heterocycles. The number of aryl methyl sites for hydroxylation is 2. The predicted molar refractivity (Wildman–Crippen MR) is 119 cm³/mol. The van der Waals surface area contributed by atoms with Crippen LogP contribution in [0.3, 0.4) is 0 Å². The first-order valence-corrected chi connectivity index (χ1v) is 11.7. The maximum absolute atomic E-state index is 12.5. The van der Waals surface area contributed by atoms with Crippen LogP contribution in [0.2, 0.25) is 0 Å². The van der Waals surface area contributed by atoms with E-state index in [0.29, 0.717) is 25.1 Å². The summed E-state index contributed by atoms with van der Waals surface area (Å²) >= 11 is 0. The number of ether oxygens (including phenoxy) is 1. The fourth-order valence-corrected chi connectivity index (χ4v) is 4.07. The van der Waals surface area contributed by atoms with E-state index in [-0.39, 0.29) is 17.2 Å². The topological polar surface area (TPSA) is 116 Å². The molecule has 0 fully saturated rings. The lowest BCUT2D eigenvalue weighted by Crippen LogP contribution is -2.24. The third-order valence-electron chi connectivity index (χ3n) is 5.04. The number of benzene rings is 2. The van der Waals surface area contributed by atoms with Crippen molar-refractivity contribution in [1.82, 2.24) is 14.9 Å². The summed E-state index contributed by atoms with van der Waals surface area (Å²) in [7, 11) is -2.16. The number of nitrogens with zero attached hydrogens (tertiary/aromatic N) is 2. The number of methoxy groups -OCH3 is 1. The molecule has 0 radical (unpaired) electrons. The molecule has 1 amide bonds. The van der Waals surface area contributed by atoms with Crippen LogP contribution >= 0.6 is 0 Å². The molecule has 3 aromatic rings. The second-order valence-corrected chi connectivity index (χ2v) is 8.92. The first-order chi connectivity index (χ1) is 14.8. The van der Waals surface area contributed by atoms with Crippen molar-refractivity contribution in [2.75, 3.05) is 7.11 Å². The lowest BCUT2D eigenvalue weighted by molar-refractivity contribution is -0.121. The van der Waals surface area contributed by atoms with Gasteiger partial charge in [-0.2, -0.15) is 0 Å². The van der Waals surface area contributed by atoms with Gasteiger partial charge in [0.25, 0.3) is 0 Å². The molecule has 0 atom stereocenters. The summed E-state index contributed by atoms with van der Waals surface area (Å²) in [5.41, 5.74) is 3.45. The van der Waals surface area contributed by atoms with Crippen molar-refractivity contribution in [2.24, 2.45) is 5.14 Å². The number of hydrogen-bond donors (Lipinski definition) is 2. The Balaban J connectivity index is 1.71. The SMILES string of the molecule is CCCn1c(CCC(=O)NCc2ccccc2COC)nc2cc(S(N)(=O)=O)ccc21. The van der Waals surface area contributed by atoms with Gasteiger partial charge in [-0.25, -0.2) is 18.5 Å². The summed E-state index contributed by atoms with van der Waals surface area (Å²) in [6, 6.07) is 12.5. The number of nitrogens with one attached hydrogen (secondary N) is 1. The second-order valence-electron chi connectivity index (χ2n) is 7.35. The van der Waals surface area contributed by atoms with Crippen LogP contribution in [-0.4, -0.2) is 31.0 Å². The van der Waals surface area contributed by atoms with Gasteiger partial charge in [-0.15, -0.1) is 0 Å². The number of amides is 1. The molecule has 0 aliphatic heterocycles. The Hall–Kier alpha value is -2.75. The van der Waals surface area contributed by atoms with E-state index < -0.39 is 10.0 Å². The monoisotopic (exact) mass is 444 g/mol.